The molecule has 2 aromatic heterocycles. The largest absolute Gasteiger partial charge is 0.444 e. The number of nitrogens with zero attached hydrogens (tertiary/aromatic N) is 2. The molecule has 27 heavy (non-hydrogen) atoms. The molecule has 0 atom stereocenters. The van der Waals surface area contributed by atoms with Crippen molar-refractivity contribution in [3.63, 3.8) is 0 Å². The zero-order chi connectivity index (χ0) is 18.4. The minimum atomic E-state index is 0. The molecule has 3 aromatic rings. The molecular formula is C20H28IN5O. The van der Waals surface area contributed by atoms with Crippen LogP contribution in [-0.2, 0) is 13.0 Å². The molecule has 0 amide bonds. The molecular weight excluding hydrogens is 453 g/mol. The first-order chi connectivity index (χ1) is 12.7. The number of benzene rings is 1. The van der Waals surface area contributed by atoms with E-state index in [1.54, 1.807) is 0 Å². The fraction of sp³-hybridized carbons (Fsp3) is 0.400. The summed E-state index contributed by atoms with van der Waals surface area (Å²) in [5.41, 5.74) is 3.48. The van der Waals surface area contributed by atoms with Crippen molar-refractivity contribution in [2.75, 3.05) is 13.1 Å². The molecule has 0 radical (unpaired) electrons. The van der Waals surface area contributed by atoms with Crippen LogP contribution >= 0.6 is 24.0 Å². The first-order valence-corrected chi connectivity index (χ1v) is 9.17. The van der Waals surface area contributed by atoms with Crippen LogP contribution < -0.4 is 10.6 Å². The van der Waals surface area contributed by atoms with Crippen LogP contribution in [-0.4, -0.2) is 29.0 Å². The summed E-state index contributed by atoms with van der Waals surface area (Å²) < 4.78 is 5.58. The number of aryl methyl sites for hydroxylation is 3. The average Bonchev–Trinajstić information content (AvgIpc) is 3.20. The van der Waals surface area contributed by atoms with Gasteiger partial charge in [0.1, 0.15) is 12.3 Å². The summed E-state index contributed by atoms with van der Waals surface area (Å²) in [4.78, 5) is 12.3. The van der Waals surface area contributed by atoms with Gasteiger partial charge in [0.2, 0.25) is 5.89 Å². The number of halogens is 1. The van der Waals surface area contributed by atoms with Crippen LogP contribution in [0, 0.1) is 13.8 Å². The second kappa shape index (κ2) is 10.3. The molecule has 0 aliphatic carbocycles. The van der Waals surface area contributed by atoms with Crippen molar-refractivity contribution < 1.29 is 4.42 Å². The molecule has 0 bridgehead atoms. The van der Waals surface area contributed by atoms with Crippen LogP contribution in [0.1, 0.15) is 36.3 Å². The lowest BCUT2D eigenvalue weighted by Crippen LogP contribution is -2.37. The lowest BCUT2D eigenvalue weighted by Gasteiger charge is -2.10. The van der Waals surface area contributed by atoms with Crippen molar-refractivity contribution >= 4 is 40.8 Å². The Labute approximate surface area is 177 Å². The molecule has 1 aromatic carbocycles. The molecule has 3 rings (SSSR count). The Morgan fingerprint density at radius 1 is 1.22 bits per heavy atom. The third kappa shape index (κ3) is 5.72. The number of para-hydroxylation sites is 1. The summed E-state index contributed by atoms with van der Waals surface area (Å²) in [5, 5.41) is 7.95. The van der Waals surface area contributed by atoms with Crippen LogP contribution in [0.4, 0.5) is 0 Å². The van der Waals surface area contributed by atoms with Crippen LogP contribution in [0.5, 0.6) is 0 Å². The lowest BCUT2D eigenvalue weighted by molar-refractivity contribution is 0.473. The van der Waals surface area contributed by atoms with Crippen LogP contribution in [0.3, 0.4) is 0 Å². The minimum absolute atomic E-state index is 0. The Bertz CT molecular complexity index is 864. The van der Waals surface area contributed by atoms with Gasteiger partial charge in [0.05, 0.1) is 5.69 Å². The Balaban J connectivity index is 0.00000261. The fourth-order valence-electron chi connectivity index (χ4n) is 2.92. The van der Waals surface area contributed by atoms with E-state index >= 15 is 0 Å². The summed E-state index contributed by atoms with van der Waals surface area (Å²) >= 11 is 0. The number of nitrogens with one attached hydrogen (secondary N) is 3. The maximum absolute atomic E-state index is 5.58. The number of guanidine groups is 1. The molecule has 6 nitrogen and oxygen atoms in total. The summed E-state index contributed by atoms with van der Waals surface area (Å²) in [7, 11) is 0. The molecule has 0 aliphatic heterocycles. The Kier molecular flexibility index (Phi) is 8.15. The highest BCUT2D eigenvalue weighted by Crippen LogP contribution is 2.18. The van der Waals surface area contributed by atoms with Crippen molar-refractivity contribution in [1.29, 1.82) is 0 Å². The topological polar surface area (TPSA) is 78.2 Å². The molecule has 0 aliphatic rings. The Morgan fingerprint density at radius 3 is 2.78 bits per heavy atom. The smallest absolute Gasteiger partial charge is 0.216 e. The van der Waals surface area contributed by atoms with Gasteiger partial charge in [-0.25, -0.2) is 9.98 Å². The lowest BCUT2D eigenvalue weighted by atomic mass is 10.1. The highest BCUT2D eigenvalue weighted by molar-refractivity contribution is 14.0. The van der Waals surface area contributed by atoms with Gasteiger partial charge in [0, 0.05) is 30.2 Å². The van der Waals surface area contributed by atoms with Crippen LogP contribution in [0.2, 0.25) is 0 Å². The number of aromatic amines is 1. The predicted molar refractivity (Wildman–Crippen MR) is 121 cm³/mol. The molecule has 2 heterocycles. The molecule has 7 heteroatoms. The van der Waals surface area contributed by atoms with E-state index in [0.717, 1.165) is 43.3 Å². The first-order valence-electron chi connectivity index (χ1n) is 9.17. The van der Waals surface area contributed by atoms with Crippen molar-refractivity contribution in [2.45, 2.75) is 40.2 Å². The maximum atomic E-state index is 5.58. The van der Waals surface area contributed by atoms with E-state index in [0.29, 0.717) is 12.4 Å². The van der Waals surface area contributed by atoms with Crippen LogP contribution in [0.15, 0.2) is 39.9 Å². The molecule has 0 saturated heterocycles. The fourth-order valence-corrected chi connectivity index (χ4v) is 2.92. The van der Waals surface area contributed by atoms with Crippen LogP contribution in [0.25, 0.3) is 10.9 Å². The summed E-state index contributed by atoms with van der Waals surface area (Å²) in [6.45, 7) is 8.03. The Hall–Kier alpha value is -2.03. The first kappa shape index (κ1) is 21.3. The third-order valence-electron chi connectivity index (χ3n) is 4.38. The number of aliphatic imine (C=N–C) groups is 1. The maximum Gasteiger partial charge on any atom is 0.216 e. The average molecular weight is 481 g/mol. The van der Waals surface area contributed by atoms with Gasteiger partial charge in [-0.2, -0.15) is 0 Å². The third-order valence-corrected chi connectivity index (χ3v) is 4.38. The zero-order valence-electron chi connectivity index (χ0n) is 16.1. The molecule has 3 N–H and O–H groups in total. The van der Waals surface area contributed by atoms with E-state index in [1.807, 2.05) is 13.8 Å². The normalized spacial score (nSPS) is 11.4. The molecule has 0 unspecified atom stereocenters. The number of rotatable bonds is 7. The minimum Gasteiger partial charge on any atom is -0.444 e. The highest BCUT2D eigenvalue weighted by Gasteiger charge is 2.06. The molecule has 0 spiro atoms. The van der Waals surface area contributed by atoms with Gasteiger partial charge in [-0.05, 0) is 45.2 Å². The Morgan fingerprint density at radius 2 is 2.04 bits per heavy atom. The van der Waals surface area contributed by atoms with Crippen molar-refractivity contribution in [3.8, 4) is 0 Å². The van der Waals surface area contributed by atoms with E-state index < -0.39 is 0 Å². The van der Waals surface area contributed by atoms with Gasteiger partial charge < -0.3 is 20.0 Å². The SMILES string of the molecule is CCNC(=NCc1nc(C)c(C)o1)NCCCc1c[nH]c2ccccc12.I. The van der Waals surface area contributed by atoms with E-state index in [2.05, 4.69) is 63.0 Å². The van der Waals surface area contributed by atoms with E-state index in [4.69, 9.17) is 4.42 Å². The van der Waals surface area contributed by atoms with Crippen molar-refractivity contribution in [1.82, 2.24) is 20.6 Å². The van der Waals surface area contributed by atoms with Crippen molar-refractivity contribution in [2.24, 2.45) is 4.99 Å². The highest BCUT2D eigenvalue weighted by atomic mass is 127. The summed E-state index contributed by atoms with van der Waals surface area (Å²) in [6.07, 6.45) is 4.16. The summed E-state index contributed by atoms with van der Waals surface area (Å²) in [6, 6.07) is 8.42. The zero-order valence-corrected chi connectivity index (χ0v) is 18.5. The monoisotopic (exact) mass is 481 g/mol. The van der Waals surface area contributed by atoms with Gasteiger partial charge in [0.15, 0.2) is 5.96 Å². The number of oxazole rings is 1. The van der Waals surface area contributed by atoms with Gasteiger partial charge in [-0.1, -0.05) is 18.2 Å². The van der Waals surface area contributed by atoms with Gasteiger partial charge >= 0.3 is 0 Å². The molecule has 0 saturated carbocycles. The quantitative estimate of drug-likeness (QED) is 0.206. The second-order valence-corrected chi connectivity index (χ2v) is 6.33. The number of fused-ring (bicyclic) bond motifs is 1. The van der Waals surface area contributed by atoms with Crippen molar-refractivity contribution in [3.05, 3.63) is 53.4 Å². The molecule has 146 valence electrons. The predicted octanol–water partition coefficient (Wildman–Crippen LogP) is 4.08. The van der Waals surface area contributed by atoms with E-state index in [-0.39, 0.29) is 24.0 Å². The van der Waals surface area contributed by atoms with Gasteiger partial charge in [-0.15, -0.1) is 24.0 Å². The van der Waals surface area contributed by atoms with E-state index in [1.165, 1.54) is 16.5 Å². The molecule has 0 fully saturated rings. The number of hydrogen-bond donors (Lipinski definition) is 3. The second-order valence-electron chi connectivity index (χ2n) is 6.33. The van der Waals surface area contributed by atoms with Gasteiger partial charge in [-0.3, -0.25) is 0 Å². The number of H-pyrrole nitrogens is 1. The standard InChI is InChI=1S/C20H27N5O.HI/c1-4-21-20(24-13-19-25-14(2)15(3)26-19)22-11-7-8-16-12-23-18-10-6-5-9-17(16)18;/h5-6,9-10,12,23H,4,7-8,11,13H2,1-3H3,(H2,21,22,24);1H. The van der Waals surface area contributed by atoms with E-state index in [9.17, 15) is 0 Å². The summed E-state index contributed by atoms with van der Waals surface area (Å²) in [5.74, 6) is 2.29. The number of aromatic nitrogens is 2. The van der Waals surface area contributed by atoms with Gasteiger partial charge in [0.25, 0.3) is 0 Å². The number of hydrogen-bond acceptors (Lipinski definition) is 3.